The minimum Gasteiger partial charge on any atom is -0.307 e. The lowest BCUT2D eigenvalue weighted by molar-refractivity contribution is 1.07. The van der Waals surface area contributed by atoms with Crippen molar-refractivity contribution < 1.29 is 0 Å². The summed E-state index contributed by atoms with van der Waals surface area (Å²) >= 11 is 0. The molecule has 2 heteroatoms. The van der Waals surface area contributed by atoms with Gasteiger partial charge in [0.1, 0.15) is 5.65 Å². The number of imidazole rings is 1. The van der Waals surface area contributed by atoms with Gasteiger partial charge in [0.05, 0.1) is 5.69 Å². The Hall–Kier alpha value is -1.31. The molecule has 0 radical (unpaired) electrons. The number of nitrogens with zero attached hydrogens (tertiary/aromatic N) is 2. The second-order valence-electron chi connectivity index (χ2n) is 3.01. The van der Waals surface area contributed by atoms with Gasteiger partial charge < -0.3 is 4.40 Å². The van der Waals surface area contributed by atoms with Crippen LogP contribution in [0.5, 0.6) is 0 Å². The molecule has 2 aromatic rings. The Balaban J connectivity index is 0.000000461. The van der Waals surface area contributed by atoms with Gasteiger partial charge in [-0.2, -0.15) is 0 Å². The molecular weight excluding hydrogens is 172 g/mol. The van der Waals surface area contributed by atoms with Gasteiger partial charge in [0.2, 0.25) is 0 Å². The summed E-state index contributed by atoms with van der Waals surface area (Å²) < 4.78 is 2.08. The van der Waals surface area contributed by atoms with E-state index in [1.165, 1.54) is 5.56 Å². The summed E-state index contributed by atoms with van der Waals surface area (Å²) in [6.45, 7) is 8.21. The predicted molar refractivity (Wildman–Crippen MR) is 60.7 cm³/mol. The molecule has 0 aromatic carbocycles. The third-order valence-corrected chi connectivity index (χ3v) is 2.09. The minimum atomic E-state index is 1.00. The zero-order valence-electron chi connectivity index (χ0n) is 9.41. The van der Waals surface area contributed by atoms with E-state index >= 15 is 0 Å². The minimum absolute atomic E-state index is 1.00. The zero-order valence-corrected chi connectivity index (χ0v) is 9.41. The molecule has 76 valence electrons. The van der Waals surface area contributed by atoms with Crippen LogP contribution in [0.25, 0.3) is 5.65 Å². The topological polar surface area (TPSA) is 17.3 Å². The first-order chi connectivity index (χ1) is 6.81. The molecule has 0 fully saturated rings. The van der Waals surface area contributed by atoms with Gasteiger partial charge in [-0.15, -0.1) is 0 Å². The zero-order chi connectivity index (χ0) is 10.6. The Kier molecular flexibility index (Phi) is 3.69. The monoisotopic (exact) mass is 190 g/mol. The average Bonchev–Trinajstić information content (AvgIpc) is 2.65. The summed E-state index contributed by atoms with van der Waals surface area (Å²) in [5, 5.41) is 0. The van der Waals surface area contributed by atoms with E-state index in [0.29, 0.717) is 0 Å². The van der Waals surface area contributed by atoms with E-state index in [-0.39, 0.29) is 0 Å². The van der Waals surface area contributed by atoms with Crippen molar-refractivity contribution in [1.82, 2.24) is 9.38 Å². The lowest BCUT2D eigenvalue weighted by atomic mass is 10.3. The van der Waals surface area contributed by atoms with Crippen LogP contribution in [-0.4, -0.2) is 9.38 Å². The molecule has 0 aliphatic carbocycles. The van der Waals surface area contributed by atoms with Gasteiger partial charge in [-0.3, -0.25) is 0 Å². The number of aromatic nitrogens is 2. The van der Waals surface area contributed by atoms with E-state index in [1.54, 1.807) is 0 Å². The molecule has 2 rings (SSSR count). The fourth-order valence-electron chi connectivity index (χ4n) is 1.37. The van der Waals surface area contributed by atoms with Gasteiger partial charge in [-0.1, -0.05) is 26.8 Å². The fraction of sp³-hybridized carbons (Fsp3) is 0.417. The highest BCUT2D eigenvalue weighted by molar-refractivity contribution is 5.47. The lowest BCUT2D eigenvalue weighted by Crippen LogP contribution is -1.83. The van der Waals surface area contributed by atoms with Gasteiger partial charge in [0.15, 0.2) is 0 Å². The van der Waals surface area contributed by atoms with Crippen LogP contribution in [0.15, 0.2) is 24.5 Å². The number of aryl methyl sites for hydroxylation is 2. The highest BCUT2D eigenvalue weighted by atomic mass is 15.0. The van der Waals surface area contributed by atoms with Crippen LogP contribution in [0.2, 0.25) is 0 Å². The fourth-order valence-corrected chi connectivity index (χ4v) is 1.37. The van der Waals surface area contributed by atoms with Gasteiger partial charge >= 0.3 is 0 Å². The van der Waals surface area contributed by atoms with Crippen LogP contribution in [0, 0.1) is 6.92 Å². The van der Waals surface area contributed by atoms with Gasteiger partial charge in [0, 0.05) is 12.4 Å². The summed E-state index contributed by atoms with van der Waals surface area (Å²) in [5.74, 6) is 0. The molecule has 0 aliphatic heterocycles. The lowest BCUT2D eigenvalue weighted by Gasteiger charge is -1.93. The first kappa shape index (κ1) is 10.8. The maximum atomic E-state index is 4.49. The first-order valence-electron chi connectivity index (χ1n) is 5.24. The molecule has 0 saturated heterocycles. The van der Waals surface area contributed by atoms with Gasteiger partial charge in [-0.05, 0) is 25.0 Å². The number of hydrogen-bond acceptors (Lipinski definition) is 1. The molecule has 0 aliphatic rings. The van der Waals surface area contributed by atoms with Gasteiger partial charge in [0.25, 0.3) is 0 Å². The number of hydrogen-bond donors (Lipinski definition) is 0. The van der Waals surface area contributed by atoms with Crippen molar-refractivity contribution in [2.24, 2.45) is 0 Å². The molecular formula is C12H18N2. The molecule has 2 heterocycles. The highest BCUT2D eigenvalue weighted by Gasteiger charge is 2.00. The van der Waals surface area contributed by atoms with Crippen molar-refractivity contribution in [3.05, 3.63) is 35.8 Å². The van der Waals surface area contributed by atoms with E-state index in [9.17, 15) is 0 Å². The number of rotatable bonds is 1. The van der Waals surface area contributed by atoms with Crippen LogP contribution in [0.1, 0.15) is 32.0 Å². The summed E-state index contributed by atoms with van der Waals surface area (Å²) in [6, 6.07) is 4.13. The molecule has 2 aromatic heterocycles. The van der Waals surface area contributed by atoms with Crippen LogP contribution in [0.3, 0.4) is 0 Å². The van der Waals surface area contributed by atoms with Crippen molar-refractivity contribution in [3.63, 3.8) is 0 Å². The van der Waals surface area contributed by atoms with Crippen molar-refractivity contribution in [2.45, 2.75) is 34.1 Å². The second-order valence-corrected chi connectivity index (χ2v) is 3.01. The van der Waals surface area contributed by atoms with Crippen molar-refractivity contribution >= 4 is 5.65 Å². The third-order valence-electron chi connectivity index (χ3n) is 2.09. The van der Waals surface area contributed by atoms with E-state index in [1.807, 2.05) is 26.1 Å². The van der Waals surface area contributed by atoms with E-state index in [0.717, 1.165) is 17.8 Å². The van der Waals surface area contributed by atoms with Crippen molar-refractivity contribution in [2.75, 3.05) is 0 Å². The van der Waals surface area contributed by atoms with E-state index in [4.69, 9.17) is 0 Å². The molecule has 0 N–H and O–H groups in total. The molecule has 0 bridgehead atoms. The molecule has 14 heavy (non-hydrogen) atoms. The molecule has 0 atom stereocenters. The molecule has 2 nitrogen and oxygen atoms in total. The summed E-state index contributed by atoms with van der Waals surface area (Å²) in [6.07, 6.45) is 5.12. The SMILES string of the molecule is CC.CCc1cn2cccc(C)c2n1. The Bertz CT molecular complexity index is 402. The highest BCUT2D eigenvalue weighted by Crippen LogP contribution is 2.09. The first-order valence-corrected chi connectivity index (χ1v) is 5.24. The second kappa shape index (κ2) is 4.80. The van der Waals surface area contributed by atoms with Crippen LogP contribution >= 0.6 is 0 Å². The Morgan fingerprint density at radius 1 is 1.36 bits per heavy atom. The predicted octanol–water partition coefficient (Wildman–Crippen LogP) is 3.23. The normalized spacial score (nSPS) is 9.71. The van der Waals surface area contributed by atoms with E-state index in [2.05, 4.69) is 35.5 Å². The Morgan fingerprint density at radius 2 is 2.07 bits per heavy atom. The summed E-state index contributed by atoms with van der Waals surface area (Å²) in [4.78, 5) is 4.49. The molecule has 0 unspecified atom stereocenters. The van der Waals surface area contributed by atoms with E-state index < -0.39 is 0 Å². The quantitative estimate of drug-likeness (QED) is 0.675. The summed E-state index contributed by atoms with van der Waals surface area (Å²) in [7, 11) is 0. The molecule has 0 spiro atoms. The Morgan fingerprint density at radius 3 is 2.64 bits per heavy atom. The smallest absolute Gasteiger partial charge is 0.139 e. The third kappa shape index (κ3) is 1.95. The molecule has 0 amide bonds. The van der Waals surface area contributed by atoms with Crippen LogP contribution in [0.4, 0.5) is 0 Å². The van der Waals surface area contributed by atoms with Crippen molar-refractivity contribution in [3.8, 4) is 0 Å². The summed E-state index contributed by atoms with van der Waals surface area (Å²) in [5.41, 5.74) is 3.47. The maximum absolute atomic E-state index is 4.49. The largest absolute Gasteiger partial charge is 0.307 e. The Labute approximate surface area is 85.6 Å². The maximum Gasteiger partial charge on any atom is 0.139 e. The van der Waals surface area contributed by atoms with Crippen LogP contribution < -0.4 is 0 Å². The average molecular weight is 190 g/mol. The van der Waals surface area contributed by atoms with Gasteiger partial charge in [-0.25, -0.2) is 4.98 Å². The molecule has 0 saturated carbocycles. The van der Waals surface area contributed by atoms with Crippen LogP contribution in [-0.2, 0) is 6.42 Å². The standard InChI is InChI=1S/C10H12N2.C2H6/c1-3-9-7-12-6-4-5-8(2)10(12)11-9;1-2/h4-7H,3H2,1-2H3;1-2H3. The van der Waals surface area contributed by atoms with Crippen molar-refractivity contribution in [1.29, 1.82) is 0 Å². The number of fused-ring (bicyclic) bond motifs is 1. The number of pyridine rings is 1.